The highest BCUT2D eigenvalue weighted by Crippen LogP contribution is 2.23. The van der Waals surface area contributed by atoms with Crippen molar-refractivity contribution in [2.24, 2.45) is 5.41 Å². The Bertz CT molecular complexity index is 411. The monoisotopic (exact) mass is 313 g/mol. The minimum atomic E-state index is -0.841. The van der Waals surface area contributed by atoms with Crippen molar-refractivity contribution < 1.29 is 19.8 Å². The number of hydrogen-bond acceptors (Lipinski definition) is 4. The summed E-state index contributed by atoms with van der Waals surface area (Å²) in [7, 11) is 0. The van der Waals surface area contributed by atoms with Crippen LogP contribution in [0.4, 0.5) is 4.79 Å². The van der Waals surface area contributed by atoms with Crippen molar-refractivity contribution >= 4 is 12.0 Å². The molecule has 22 heavy (non-hydrogen) atoms. The van der Waals surface area contributed by atoms with Gasteiger partial charge in [0.05, 0.1) is 12.0 Å². The summed E-state index contributed by atoms with van der Waals surface area (Å²) in [6, 6.07) is 0.428. The number of likely N-dealkylation sites (tertiary alicyclic amines) is 1. The molecule has 2 fully saturated rings. The summed E-state index contributed by atoms with van der Waals surface area (Å²) in [5.41, 5.74) is -0.708. The first-order valence-electron chi connectivity index (χ1n) is 7.97. The zero-order valence-corrected chi connectivity index (χ0v) is 13.5. The summed E-state index contributed by atoms with van der Waals surface area (Å²) in [5, 5.41) is 18.3. The molecular formula is C15H27N3O4. The second-order valence-electron chi connectivity index (χ2n) is 6.87. The van der Waals surface area contributed by atoms with Crippen LogP contribution in [0.1, 0.15) is 26.7 Å². The quantitative estimate of drug-likeness (QED) is 0.782. The van der Waals surface area contributed by atoms with E-state index in [2.05, 4.69) is 4.90 Å². The molecule has 126 valence electrons. The van der Waals surface area contributed by atoms with E-state index in [-0.39, 0.29) is 12.5 Å². The topological polar surface area (TPSA) is 84.3 Å². The lowest BCUT2D eigenvalue weighted by atomic mass is 9.91. The average Bonchev–Trinajstić information content (AvgIpc) is 2.54. The molecule has 0 aromatic carbocycles. The minimum Gasteiger partial charge on any atom is -0.465 e. The average molecular weight is 313 g/mol. The number of carbonyl (C=O) groups excluding carboxylic acids is 1. The second kappa shape index (κ2) is 6.83. The van der Waals surface area contributed by atoms with Crippen LogP contribution in [-0.4, -0.2) is 88.8 Å². The Morgan fingerprint density at radius 1 is 1.00 bits per heavy atom. The summed E-state index contributed by atoms with van der Waals surface area (Å²) in [6.07, 6.45) is 0.993. The number of piperidine rings is 1. The van der Waals surface area contributed by atoms with Gasteiger partial charge in [-0.2, -0.15) is 0 Å². The SMILES string of the molecule is CC(C)(CO)C(=O)N1CCC(N2CCN(C(=O)O)CC2)CC1. The Kier molecular flexibility index (Phi) is 5.28. The number of hydrogen-bond donors (Lipinski definition) is 2. The van der Waals surface area contributed by atoms with Gasteiger partial charge in [-0.15, -0.1) is 0 Å². The van der Waals surface area contributed by atoms with Crippen LogP contribution in [0.5, 0.6) is 0 Å². The highest BCUT2D eigenvalue weighted by Gasteiger charge is 2.35. The number of piperazine rings is 1. The molecule has 2 saturated heterocycles. The zero-order chi connectivity index (χ0) is 16.3. The van der Waals surface area contributed by atoms with E-state index in [0.717, 1.165) is 25.9 Å². The van der Waals surface area contributed by atoms with Crippen LogP contribution in [0.15, 0.2) is 0 Å². The van der Waals surface area contributed by atoms with E-state index in [1.54, 1.807) is 13.8 Å². The molecule has 7 heteroatoms. The van der Waals surface area contributed by atoms with Crippen molar-refractivity contribution in [3.05, 3.63) is 0 Å². The Morgan fingerprint density at radius 2 is 1.55 bits per heavy atom. The van der Waals surface area contributed by atoms with Crippen molar-refractivity contribution in [3.8, 4) is 0 Å². The van der Waals surface area contributed by atoms with E-state index in [1.165, 1.54) is 4.90 Å². The van der Waals surface area contributed by atoms with Crippen molar-refractivity contribution in [1.29, 1.82) is 0 Å². The van der Waals surface area contributed by atoms with Gasteiger partial charge >= 0.3 is 6.09 Å². The maximum Gasteiger partial charge on any atom is 0.407 e. The Morgan fingerprint density at radius 3 is 2.00 bits per heavy atom. The number of carboxylic acid groups (broad SMARTS) is 1. The van der Waals surface area contributed by atoms with Gasteiger partial charge in [-0.3, -0.25) is 9.69 Å². The van der Waals surface area contributed by atoms with Gasteiger partial charge in [0.1, 0.15) is 0 Å². The Hall–Kier alpha value is -1.34. The van der Waals surface area contributed by atoms with Crippen LogP contribution in [0.25, 0.3) is 0 Å². The third-order valence-corrected chi connectivity index (χ3v) is 4.83. The smallest absolute Gasteiger partial charge is 0.407 e. The largest absolute Gasteiger partial charge is 0.465 e. The number of rotatable bonds is 3. The molecule has 0 atom stereocenters. The molecule has 2 aliphatic heterocycles. The maximum absolute atomic E-state index is 12.3. The molecule has 2 aliphatic rings. The second-order valence-corrected chi connectivity index (χ2v) is 6.87. The van der Waals surface area contributed by atoms with Gasteiger partial charge in [-0.25, -0.2) is 4.79 Å². The number of nitrogens with zero attached hydrogens (tertiary/aromatic N) is 3. The molecule has 0 aromatic heterocycles. The maximum atomic E-state index is 12.3. The molecule has 0 aliphatic carbocycles. The summed E-state index contributed by atoms with van der Waals surface area (Å²) < 4.78 is 0. The normalized spacial score (nSPS) is 22.0. The first kappa shape index (κ1) is 17.0. The van der Waals surface area contributed by atoms with Crippen molar-refractivity contribution in [2.75, 3.05) is 45.9 Å². The van der Waals surface area contributed by atoms with Crippen LogP contribution < -0.4 is 0 Å². The van der Waals surface area contributed by atoms with Crippen LogP contribution in [0.2, 0.25) is 0 Å². The zero-order valence-electron chi connectivity index (χ0n) is 13.5. The lowest BCUT2D eigenvalue weighted by molar-refractivity contribution is -0.144. The van der Waals surface area contributed by atoms with Crippen molar-refractivity contribution in [3.63, 3.8) is 0 Å². The highest BCUT2D eigenvalue weighted by molar-refractivity contribution is 5.82. The standard InChI is InChI=1S/C15H27N3O4/c1-15(2,11-19)13(20)17-5-3-12(4-6-17)16-7-9-18(10-8-16)14(21)22/h12,19H,3-11H2,1-2H3,(H,21,22). The van der Waals surface area contributed by atoms with Gasteiger partial charge in [-0.1, -0.05) is 0 Å². The van der Waals surface area contributed by atoms with E-state index in [9.17, 15) is 14.7 Å². The van der Waals surface area contributed by atoms with Crippen LogP contribution in [0.3, 0.4) is 0 Å². The van der Waals surface area contributed by atoms with Crippen LogP contribution >= 0.6 is 0 Å². The number of aliphatic hydroxyl groups is 1. The molecule has 2 amide bonds. The van der Waals surface area contributed by atoms with Crippen molar-refractivity contribution in [2.45, 2.75) is 32.7 Å². The fourth-order valence-corrected chi connectivity index (χ4v) is 3.21. The van der Waals surface area contributed by atoms with Gasteiger partial charge in [-0.05, 0) is 26.7 Å². The molecule has 7 nitrogen and oxygen atoms in total. The number of carbonyl (C=O) groups is 2. The highest BCUT2D eigenvalue weighted by atomic mass is 16.4. The van der Waals surface area contributed by atoms with Crippen LogP contribution in [-0.2, 0) is 4.79 Å². The first-order valence-corrected chi connectivity index (χ1v) is 7.97. The predicted octanol–water partition coefficient (Wildman–Crippen LogP) is 0.292. The molecule has 0 radical (unpaired) electrons. The number of amides is 2. The lowest BCUT2D eigenvalue weighted by Gasteiger charge is -2.43. The van der Waals surface area contributed by atoms with Crippen LogP contribution in [0, 0.1) is 5.41 Å². The van der Waals surface area contributed by atoms with Gasteiger partial charge in [0.25, 0.3) is 0 Å². The van der Waals surface area contributed by atoms with E-state index >= 15 is 0 Å². The minimum absolute atomic E-state index is 0.0177. The third kappa shape index (κ3) is 3.70. The predicted molar refractivity (Wildman–Crippen MR) is 81.6 cm³/mol. The molecule has 0 aromatic rings. The molecule has 2 N–H and O–H groups in total. The summed E-state index contributed by atoms with van der Waals surface area (Å²) in [4.78, 5) is 28.9. The van der Waals surface area contributed by atoms with E-state index in [4.69, 9.17) is 5.11 Å². The fraction of sp³-hybridized carbons (Fsp3) is 0.867. The molecule has 0 saturated carbocycles. The molecule has 2 rings (SSSR count). The van der Waals surface area contributed by atoms with E-state index in [0.29, 0.717) is 32.2 Å². The fourth-order valence-electron chi connectivity index (χ4n) is 3.21. The molecule has 2 heterocycles. The first-order chi connectivity index (χ1) is 10.3. The molecule has 0 spiro atoms. The third-order valence-electron chi connectivity index (χ3n) is 4.83. The molecular weight excluding hydrogens is 286 g/mol. The van der Waals surface area contributed by atoms with E-state index in [1.807, 2.05) is 4.90 Å². The van der Waals surface area contributed by atoms with Gasteiger partial charge < -0.3 is 20.0 Å². The van der Waals surface area contributed by atoms with E-state index < -0.39 is 11.5 Å². The van der Waals surface area contributed by atoms with Gasteiger partial charge in [0, 0.05) is 45.3 Å². The Labute approximate surface area is 131 Å². The molecule has 0 bridgehead atoms. The number of aliphatic hydroxyl groups excluding tert-OH is 1. The lowest BCUT2D eigenvalue weighted by Crippen LogP contribution is -2.55. The summed E-state index contributed by atoms with van der Waals surface area (Å²) in [5.74, 6) is 0.0177. The Balaban J connectivity index is 1.81. The summed E-state index contributed by atoms with van der Waals surface area (Å²) >= 11 is 0. The van der Waals surface area contributed by atoms with Crippen molar-refractivity contribution in [1.82, 2.24) is 14.7 Å². The van der Waals surface area contributed by atoms with Gasteiger partial charge in [0.15, 0.2) is 0 Å². The molecule has 0 unspecified atom stereocenters. The summed E-state index contributed by atoms with van der Waals surface area (Å²) in [6.45, 7) is 7.50. The van der Waals surface area contributed by atoms with Gasteiger partial charge in [0.2, 0.25) is 5.91 Å².